The van der Waals surface area contributed by atoms with E-state index in [1.807, 2.05) is 30.3 Å². The normalized spacial score (nSPS) is 12.6. The van der Waals surface area contributed by atoms with Crippen LogP contribution in [0, 0.1) is 0 Å². The Labute approximate surface area is 92.3 Å². The lowest BCUT2D eigenvalue weighted by atomic mass is 10.1. The summed E-state index contributed by atoms with van der Waals surface area (Å²) in [5.74, 6) is 0.791. The van der Waals surface area contributed by atoms with Crippen LogP contribution in [-0.4, -0.2) is 20.9 Å². The summed E-state index contributed by atoms with van der Waals surface area (Å²) in [6, 6.07) is 10.1. The van der Waals surface area contributed by atoms with Gasteiger partial charge >= 0.3 is 0 Å². The molecule has 0 fully saturated rings. The van der Waals surface area contributed by atoms with Crippen molar-refractivity contribution in [3.8, 4) is 0 Å². The number of nitrogens with one attached hydrogen (secondary N) is 1. The summed E-state index contributed by atoms with van der Waals surface area (Å²) < 4.78 is 0. The molecular formula is C10H12N4S. The lowest BCUT2D eigenvalue weighted by Crippen LogP contribution is -2.12. The topological polar surface area (TPSA) is 67.6 Å². The number of thioether (sulfide) groups is 1. The van der Waals surface area contributed by atoms with Gasteiger partial charge in [-0.15, -0.1) is 0 Å². The van der Waals surface area contributed by atoms with E-state index >= 15 is 0 Å². The van der Waals surface area contributed by atoms with Gasteiger partial charge in [-0.25, -0.2) is 4.98 Å². The number of nitrogens with zero attached hydrogens (tertiary/aromatic N) is 2. The molecule has 0 aliphatic rings. The molecule has 15 heavy (non-hydrogen) atoms. The van der Waals surface area contributed by atoms with E-state index in [0.717, 1.165) is 16.5 Å². The highest BCUT2D eigenvalue weighted by atomic mass is 32.2. The monoisotopic (exact) mass is 220 g/mol. The molecule has 1 aromatic heterocycles. The molecule has 0 bridgehead atoms. The van der Waals surface area contributed by atoms with Gasteiger partial charge in [-0.1, -0.05) is 42.1 Å². The van der Waals surface area contributed by atoms with Gasteiger partial charge in [0, 0.05) is 11.8 Å². The Balaban J connectivity index is 1.90. The second-order valence-corrected chi connectivity index (χ2v) is 4.13. The van der Waals surface area contributed by atoms with Crippen LogP contribution < -0.4 is 5.73 Å². The standard InChI is InChI=1S/C10H12N4S/c11-9(8-4-2-1-3-5-8)6-15-10-12-7-13-14-10/h1-5,7,9H,6,11H2,(H,12,13,14). The van der Waals surface area contributed by atoms with E-state index in [2.05, 4.69) is 15.2 Å². The van der Waals surface area contributed by atoms with Crippen molar-refractivity contribution in [3.63, 3.8) is 0 Å². The Morgan fingerprint density at radius 1 is 1.33 bits per heavy atom. The third-order valence-electron chi connectivity index (χ3n) is 2.02. The van der Waals surface area contributed by atoms with E-state index in [-0.39, 0.29) is 6.04 Å². The molecule has 0 radical (unpaired) electrons. The number of aromatic nitrogens is 3. The fourth-order valence-corrected chi connectivity index (χ4v) is 2.00. The SMILES string of the molecule is NC(CSc1ncn[nH]1)c1ccccc1. The number of aromatic amines is 1. The number of nitrogens with two attached hydrogens (primary N) is 1. The Kier molecular flexibility index (Phi) is 3.37. The molecule has 2 rings (SSSR count). The minimum Gasteiger partial charge on any atom is -0.323 e. The van der Waals surface area contributed by atoms with Crippen molar-refractivity contribution in [2.45, 2.75) is 11.2 Å². The maximum absolute atomic E-state index is 6.03. The van der Waals surface area contributed by atoms with Gasteiger partial charge in [-0.05, 0) is 5.56 Å². The Hall–Kier alpha value is -1.33. The van der Waals surface area contributed by atoms with Crippen LogP contribution in [0.25, 0.3) is 0 Å². The number of H-pyrrole nitrogens is 1. The van der Waals surface area contributed by atoms with Gasteiger partial charge in [0.2, 0.25) is 0 Å². The fourth-order valence-electron chi connectivity index (χ4n) is 1.23. The minimum absolute atomic E-state index is 0.0290. The molecule has 78 valence electrons. The number of rotatable bonds is 4. The van der Waals surface area contributed by atoms with Crippen LogP contribution >= 0.6 is 11.8 Å². The smallest absolute Gasteiger partial charge is 0.183 e. The molecular weight excluding hydrogens is 208 g/mol. The van der Waals surface area contributed by atoms with Gasteiger partial charge in [-0.2, -0.15) is 5.10 Å². The number of benzene rings is 1. The molecule has 0 spiro atoms. The number of hydrogen-bond acceptors (Lipinski definition) is 4. The molecule has 5 heteroatoms. The van der Waals surface area contributed by atoms with Gasteiger partial charge in [0.25, 0.3) is 0 Å². The van der Waals surface area contributed by atoms with Crippen molar-refractivity contribution in [3.05, 3.63) is 42.2 Å². The molecule has 0 aliphatic heterocycles. The lowest BCUT2D eigenvalue weighted by molar-refractivity contribution is 0.827. The predicted octanol–water partition coefficient (Wildman–Crippen LogP) is 1.60. The quantitative estimate of drug-likeness (QED) is 0.768. The van der Waals surface area contributed by atoms with E-state index in [1.54, 1.807) is 11.8 Å². The largest absolute Gasteiger partial charge is 0.323 e. The number of hydrogen-bond donors (Lipinski definition) is 2. The van der Waals surface area contributed by atoms with Crippen LogP contribution in [0.1, 0.15) is 11.6 Å². The summed E-state index contributed by atoms with van der Waals surface area (Å²) in [6.45, 7) is 0. The third kappa shape index (κ3) is 2.81. The molecule has 0 aliphatic carbocycles. The molecule has 0 saturated carbocycles. The summed E-state index contributed by atoms with van der Waals surface area (Å²) >= 11 is 1.58. The molecule has 1 unspecified atom stereocenters. The fraction of sp³-hybridized carbons (Fsp3) is 0.200. The first-order valence-electron chi connectivity index (χ1n) is 4.65. The van der Waals surface area contributed by atoms with Gasteiger partial charge in [0.1, 0.15) is 6.33 Å². The van der Waals surface area contributed by atoms with Crippen molar-refractivity contribution in [2.75, 3.05) is 5.75 Å². The Bertz CT molecular complexity index is 387. The summed E-state index contributed by atoms with van der Waals surface area (Å²) in [4.78, 5) is 4.02. The van der Waals surface area contributed by atoms with Crippen LogP contribution in [0.15, 0.2) is 41.8 Å². The maximum atomic E-state index is 6.03. The molecule has 1 heterocycles. The Morgan fingerprint density at radius 2 is 2.13 bits per heavy atom. The minimum atomic E-state index is 0.0290. The first-order valence-corrected chi connectivity index (χ1v) is 5.63. The predicted molar refractivity (Wildman–Crippen MR) is 60.5 cm³/mol. The van der Waals surface area contributed by atoms with E-state index in [9.17, 15) is 0 Å². The van der Waals surface area contributed by atoms with Gasteiger partial charge in [0.15, 0.2) is 5.16 Å². The average Bonchev–Trinajstić information content (AvgIpc) is 2.80. The molecule has 4 nitrogen and oxygen atoms in total. The van der Waals surface area contributed by atoms with E-state index in [0.29, 0.717) is 0 Å². The van der Waals surface area contributed by atoms with Crippen LogP contribution in [0.5, 0.6) is 0 Å². The molecule has 1 atom stereocenters. The average molecular weight is 220 g/mol. The van der Waals surface area contributed by atoms with Crippen LogP contribution in [-0.2, 0) is 0 Å². The van der Waals surface area contributed by atoms with Gasteiger partial charge in [-0.3, -0.25) is 5.10 Å². The van der Waals surface area contributed by atoms with Crippen molar-refractivity contribution < 1.29 is 0 Å². The zero-order chi connectivity index (χ0) is 10.5. The van der Waals surface area contributed by atoms with E-state index < -0.39 is 0 Å². The zero-order valence-electron chi connectivity index (χ0n) is 8.13. The zero-order valence-corrected chi connectivity index (χ0v) is 8.95. The summed E-state index contributed by atoms with van der Waals surface area (Å²) in [5, 5.41) is 7.37. The molecule has 0 amide bonds. The maximum Gasteiger partial charge on any atom is 0.183 e. The Morgan fingerprint density at radius 3 is 2.80 bits per heavy atom. The highest BCUT2D eigenvalue weighted by Crippen LogP contribution is 2.19. The van der Waals surface area contributed by atoms with Crippen molar-refractivity contribution in [2.24, 2.45) is 5.73 Å². The second-order valence-electron chi connectivity index (χ2n) is 3.12. The van der Waals surface area contributed by atoms with Gasteiger partial charge in [0.05, 0.1) is 0 Å². The lowest BCUT2D eigenvalue weighted by Gasteiger charge is -2.09. The second kappa shape index (κ2) is 4.95. The van der Waals surface area contributed by atoms with Crippen molar-refractivity contribution in [1.82, 2.24) is 15.2 Å². The molecule has 3 N–H and O–H groups in total. The first-order chi connectivity index (χ1) is 7.36. The molecule has 2 aromatic rings. The highest BCUT2D eigenvalue weighted by Gasteiger charge is 2.06. The van der Waals surface area contributed by atoms with Gasteiger partial charge < -0.3 is 5.73 Å². The molecule has 1 aromatic carbocycles. The van der Waals surface area contributed by atoms with E-state index in [1.165, 1.54) is 6.33 Å². The highest BCUT2D eigenvalue weighted by molar-refractivity contribution is 7.99. The summed E-state index contributed by atoms with van der Waals surface area (Å²) in [6.07, 6.45) is 1.50. The van der Waals surface area contributed by atoms with Crippen LogP contribution in [0.3, 0.4) is 0 Å². The van der Waals surface area contributed by atoms with Crippen LogP contribution in [0.4, 0.5) is 0 Å². The summed E-state index contributed by atoms with van der Waals surface area (Å²) in [5.41, 5.74) is 7.17. The van der Waals surface area contributed by atoms with Crippen molar-refractivity contribution >= 4 is 11.8 Å². The summed E-state index contributed by atoms with van der Waals surface area (Å²) in [7, 11) is 0. The molecule has 0 saturated heterocycles. The van der Waals surface area contributed by atoms with E-state index in [4.69, 9.17) is 5.73 Å². The third-order valence-corrected chi connectivity index (χ3v) is 3.02. The van der Waals surface area contributed by atoms with Crippen molar-refractivity contribution in [1.29, 1.82) is 0 Å². The van der Waals surface area contributed by atoms with Crippen LogP contribution in [0.2, 0.25) is 0 Å². The first kappa shape index (κ1) is 10.2.